The van der Waals surface area contributed by atoms with Crippen LogP contribution in [0, 0.1) is 0 Å². The van der Waals surface area contributed by atoms with Gasteiger partial charge in [-0.1, -0.05) is 0 Å². The largest absolute Gasteiger partial charge is 0.347 e. The first-order valence-electron chi connectivity index (χ1n) is 7.57. The van der Waals surface area contributed by atoms with Gasteiger partial charge < -0.3 is 14.4 Å². The first kappa shape index (κ1) is 17.7. The molecular weight excluding hydrogens is 308 g/mol. The molecule has 2 heterocycles. The summed E-state index contributed by atoms with van der Waals surface area (Å²) in [6.45, 7) is 7.48. The number of amides is 1. The van der Waals surface area contributed by atoms with Gasteiger partial charge in [-0.15, -0.1) is 0 Å². The van der Waals surface area contributed by atoms with E-state index in [1.807, 2.05) is 0 Å². The van der Waals surface area contributed by atoms with Crippen LogP contribution in [0.5, 0.6) is 0 Å². The van der Waals surface area contributed by atoms with E-state index in [4.69, 9.17) is 9.47 Å². The van der Waals surface area contributed by atoms with Gasteiger partial charge in [-0.25, -0.2) is 8.42 Å². The quantitative estimate of drug-likeness (QED) is 0.747. The van der Waals surface area contributed by atoms with E-state index in [0.29, 0.717) is 39.1 Å². The van der Waals surface area contributed by atoms with Crippen molar-refractivity contribution in [3.8, 4) is 0 Å². The van der Waals surface area contributed by atoms with Gasteiger partial charge >= 0.3 is 0 Å². The number of nitrogens with zero attached hydrogens (tertiary/aromatic N) is 2. The molecule has 1 spiro atoms. The van der Waals surface area contributed by atoms with Crippen LogP contribution < -0.4 is 0 Å². The molecule has 2 aliphatic heterocycles. The van der Waals surface area contributed by atoms with Gasteiger partial charge in [-0.05, 0) is 20.8 Å². The van der Waals surface area contributed by atoms with Crippen LogP contribution in [-0.2, 0) is 24.3 Å². The van der Waals surface area contributed by atoms with Crippen LogP contribution in [0.4, 0.5) is 0 Å². The predicted molar refractivity (Wildman–Crippen MR) is 81.8 cm³/mol. The number of sulfonamides is 1. The Hall–Kier alpha value is -0.700. The molecule has 7 nitrogen and oxygen atoms in total. The van der Waals surface area contributed by atoms with Gasteiger partial charge in [0, 0.05) is 31.5 Å². The highest BCUT2D eigenvalue weighted by Gasteiger charge is 2.41. The van der Waals surface area contributed by atoms with Crippen molar-refractivity contribution in [2.24, 2.45) is 0 Å². The molecule has 1 amide bonds. The van der Waals surface area contributed by atoms with Crippen LogP contribution >= 0.6 is 0 Å². The number of piperidine rings is 1. The molecule has 0 N–H and O–H groups in total. The second-order valence-electron chi connectivity index (χ2n) is 6.93. The van der Waals surface area contributed by atoms with E-state index in [9.17, 15) is 13.2 Å². The summed E-state index contributed by atoms with van der Waals surface area (Å²) in [5, 5.41) is 0. The minimum atomic E-state index is -3.44. The lowest BCUT2D eigenvalue weighted by molar-refractivity contribution is -0.187. The summed E-state index contributed by atoms with van der Waals surface area (Å²) in [5.74, 6) is -0.703. The maximum Gasteiger partial charge on any atom is 0.237 e. The van der Waals surface area contributed by atoms with E-state index in [1.54, 1.807) is 25.7 Å². The van der Waals surface area contributed by atoms with Crippen LogP contribution in [-0.4, -0.2) is 74.0 Å². The molecule has 0 atom stereocenters. The lowest BCUT2D eigenvalue weighted by Crippen LogP contribution is -2.53. The third kappa shape index (κ3) is 3.98. The molecule has 8 heteroatoms. The predicted octanol–water partition coefficient (Wildman–Crippen LogP) is 0.412. The Labute approximate surface area is 132 Å². The number of hydrogen-bond acceptors (Lipinski definition) is 5. The van der Waals surface area contributed by atoms with Crippen molar-refractivity contribution in [3.63, 3.8) is 0 Å². The molecule has 128 valence electrons. The average molecular weight is 334 g/mol. The Balaban J connectivity index is 1.97. The van der Waals surface area contributed by atoms with Crippen LogP contribution in [0.2, 0.25) is 0 Å². The Bertz CT molecular complexity index is 510. The van der Waals surface area contributed by atoms with Crippen molar-refractivity contribution < 1.29 is 22.7 Å². The molecule has 0 aliphatic carbocycles. The highest BCUT2D eigenvalue weighted by atomic mass is 32.2. The topological polar surface area (TPSA) is 76.2 Å². The van der Waals surface area contributed by atoms with Crippen molar-refractivity contribution in [1.29, 1.82) is 0 Å². The molecule has 2 aliphatic rings. The van der Waals surface area contributed by atoms with Crippen molar-refractivity contribution in [2.75, 3.05) is 39.1 Å². The van der Waals surface area contributed by atoms with Crippen molar-refractivity contribution in [2.45, 2.75) is 44.9 Å². The monoisotopic (exact) mass is 334 g/mol. The summed E-state index contributed by atoms with van der Waals surface area (Å²) in [6.07, 6.45) is 2.40. The van der Waals surface area contributed by atoms with Crippen LogP contribution in [0.15, 0.2) is 0 Å². The molecule has 0 aromatic carbocycles. The SMILES string of the molecule is CC(C)(C)N(CC(=O)N1CCC2(CC1)OCCO2)S(C)(=O)=O. The number of carbonyl (C=O) groups excluding carboxylic acids is 1. The third-order valence-corrected chi connectivity index (χ3v) is 5.60. The van der Waals surface area contributed by atoms with Crippen molar-refractivity contribution in [1.82, 2.24) is 9.21 Å². The molecule has 2 saturated heterocycles. The maximum atomic E-state index is 12.4. The summed E-state index contributed by atoms with van der Waals surface area (Å²) in [5.41, 5.74) is -0.627. The third-order valence-electron chi connectivity index (χ3n) is 4.12. The maximum absolute atomic E-state index is 12.4. The highest BCUT2D eigenvalue weighted by molar-refractivity contribution is 7.88. The summed E-state index contributed by atoms with van der Waals surface area (Å²) in [7, 11) is -3.44. The highest BCUT2D eigenvalue weighted by Crippen LogP contribution is 2.31. The molecule has 0 aromatic heterocycles. The van der Waals surface area contributed by atoms with Gasteiger partial charge in [-0.2, -0.15) is 4.31 Å². The fourth-order valence-electron chi connectivity index (χ4n) is 2.96. The number of hydrogen-bond donors (Lipinski definition) is 0. The fraction of sp³-hybridized carbons (Fsp3) is 0.929. The Morgan fingerprint density at radius 3 is 2.09 bits per heavy atom. The average Bonchev–Trinajstić information content (AvgIpc) is 2.82. The Kier molecular flexibility index (Phi) is 4.87. The van der Waals surface area contributed by atoms with Gasteiger partial charge in [0.2, 0.25) is 15.9 Å². The van der Waals surface area contributed by atoms with Crippen molar-refractivity contribution in [3.05, 3.63) is 0 Å². The second kappa shape index (κ2) is 6.07. The van der Waals surface area contributed by atoms with E-state index >= 15 is 0 Å². The Morgan fingerprint density at radius 1 is 1.18 bits per heavy atom. The lowest BCUT2D eigenvalue weighted by atomic mass is 10.0. The molecule has 0 aromatic rings. The van der Waals surface area contributed by atoms with Crippen LogP contribution in [0.1, 0.15) is 33.6 Å². The number of likely N-dealkylation sites (tertiary alicyclic amines) is 1. The molecule has 0 bridgehead atoms. The van der Waals surface area contributed by atoms with Crippen LogP contribution in [0.25, 0.3) is 0 Å². The number of carbonyl (C=O) groups is 1. The molecular formula is C14H26N2O5S. The second-order valence-corrected chi connectivity index (χ2v) is 8.84. The molecule has 0 saturated carbocycles. The first-order valence-corrected chi connectivity index (χ1v) is 9.42. The summed E-state index contributed by atoms with van der Waals surface area (Å²) >= 11 is 0. The Morgan fingerprint density at radius 2 is 1.68 bits per heavy atom. The summed E-state index contributed by atoms with van der Waals surface area (Å²) in [6, 6.07) is 0. The molecule has 0 radical (unpaired) electrons. The van der Waals surface area contributed by atoms with E-state index in [0.717, 1.165) is 6.26 Å². The normalized spacial score (nSPS) is 22.5. The standard InChI is InChI=1S/C14H26N2O5S/c1-13(2,3)16(22(4,18)19)11-12(17)15-7-5-14(6-8-15)20-9-10-21-14/h5-11H2,1-4H3. The number of ether oxygens (including phenoxy) is 2. The van der Waals surface area contributed by atoms with E-state index in [-0.39, 0.29) is 12.5 Å². The van der Waals surface area contributed by atoms with Gasteiger partial charge in [0.1, 0.15) is 0 Å². The van der Waals surface area contributed by atoms with E-state index < -0.39 is 21.3 Å². The van der Waals surface area contributed by atoms with Gasteiger partial charge in [-0.3, -0.25) is 4.79 Å². The molecule has 0 unspecified atom stereocenters. The lowest BCUT2D eigenvalue weighted by Gasteiger charge is -2.39. The summed E-state index contributed by atoms with van der Waals surface area (Å²) in [4.78, 5) is 14.1. The first-order chi connectivity index (χ1) is 10.0. The molecule has 22 heavy (non-hydrogen) atoms. The van der Waals surface area contributed by atoms with E-state index in [2.05, 4.69) is 0 Å². The zero-order valence-corrected chi connectivity index (χ0v) is 14.6. The minimum absolute atomic E-state index is 0.128. The zero-order valence-electron chi connectivity index (χ0n) is 13.8. The minimum Gasteiger partial charge on any atom is -0.347 e. The zero-order chi connectivity index (χ0) is 16.6. The van der Waals surface area contributed by atoms with Gasteiger partial charge in [0.15, 0.2) is 5.79 Å². The molecule has 2 fully saturated rings. The molecule has 2 rings (SSSR count). The van der Waals surface area contributed by atoms with Gasteiger partial charge in [0.25, 0.3) is 0 Å². The van der Waals surface area contributed by atoms with E-state index in [1.165, 1.54) is 4.31 Å². The summed E-state index contributed by atoms with van der Waals surface area (Å²) < 4.78 is 36.3. The van der Waals surface area contributed by atoms with Crippen molar-refractivity contribution >= 4 is 15.9 Å². The van der Waals surface area contributed by atoms with Gasteiger partial charge in [0.05, 0.1) is 26.0 Å². The smallest absolute Gasteiger partial charge is 0.237 e. The fourth-order valence-corrected chi connectivity index (χ4v) is 4.30. The van der Waals surface area contributed by atoms with Crippen LogP contribution in [0.3, 0.4) is 0 Å². The number of rotatable bonds is 3.